The van der Waals surface area contributed by atoms with E-state index in [0.717, 1.165) is 50.9 Å². The van der Waals surface area contributed by atoms with Crippen molar-refractivity contribution >= 4 is 18.1 Å². The smallest absolute Gasteiger partial charge is 0.307 e. The van der Waals surface area contributed by atoms with Gasteiger partial charge in [-0.15, -0.1) is 0 Å². The lowest BCUT2D eigenvalue weighted by molar-refractivity contribution is -0.147. The number of phenolic OH excluding ortho intramolecular Hbond substituents is 1. The number of aryl methyl sites for hydroxylation is 1. The molecule has 0 saturated heterocycles. The predicted molar refractivity (Wildman–Crippen MR) is 208 cm³/mol. The van der Waals surface area contributed by atoms with Gasteiger partial charge in [0.2, 0.25) is 0 Å². The molecule has 2 bridgehead atoms. The zero-order chi connectivity index (χ0) is 34.8. The minimum atomic E-state index is -0.634. The molecule has 1 saturated carbocycles. The molecular weight excluding hydrogens is 625 g/mol. The normalized spacial score (nSPS) is 30.8. The molecule has 0 amide bonds. The van der Waals surface area contributed by atoms with Gasteiger partial charge in [0.15, 0.2) is 0 Å². The number of hydrogen-bond acceptors (Lipinski definition) is 2. The summed E-state index contributed by atoms with van der Waals surface area (Å²) >= 11 is 0. The molecule has 8 unspecified atom stereocenters. The van der Waals surface area contributed by atoms with Gasteiger partial charge in [0, 0.05) is 5.41 Å². The third kappa shape index (κ3) is 7.03. The fraction of sp³-hybridized carbons (Fsp3) is 0.479. The molecule has 1 fully saturated rings. The Morgan fingerprint density at radius 2 is 1.57 bits per heavy atom. The van der Waals surface area contributed by atoms with Crippen LogP contribution in [0.3, 0.4) is 0 Å². The van der Waals surface area contributed by atoms with Crippen molar-refractivity contribution in [2.24, 2.45) is 35.5 Å². The molecule has 2 N–H and O–H groups in total. The molecule has 0 aliphatic heterocycles. The van der Waals surface area contributed by atoms with Gasteiger partial charge < -0.3 is 10.2 Å². The fourth-order valence-corrected chi connectivity index (χ4v) is 11.3. The summed E-state index contributed by atoms with van der Waals surface area (Å²) in [6.07, 6.45) is 31.1. The highest BCUT2D eigenvalue weighted by atomic mass is 16.4. The zero-order valence-corrected chi connectivity index (χ0v) is 30.3. The molecule has 51 heavy (non-hydrogen) atoms. The Bertz CT molecular complexity index is 1880. The maximum absolute atomic E-state index is 13.5. The van der Waals surface area contributed by atoms with Gasteiger partial charge in [-0.2, -0.15) is 0 Å². The molecule has 0 heterocycles. The van der Waals surface area contributed by atoms with Gasteiger partial charge in [0.05, 0.1) is 5.92 Å². The number of aliphatic carboxylic acids is 1. The third-order valence-electron chi connectivity index (χ3n) is 13.9. The summed E-state index contributed by atoms with van der Waals surface area (Å²) < 4.78 is 0. The Balaban J connectivity index is 1.13. The van der Waals surface area contributed by atoms with E-state index in [1.54, 1.807) is 0 Å². The van der Waals surface area contributed by atoms with Gasteiger partial charge in [-0.1, -0.05) is 117 Å². The van der Waals surface area contributed by atoms with Crippen LogP contribution in [-0.2, 0) is 23.1 Å². The molecule has 5 aliphatic carbocycles. The molecule has 3 heteroatoms. The number of carbonyl (C=O) groups is 1. The summed E-state index contributed by atoms with van der Waals surface area (Å²) in [5.74, 6) is 1.97. The number of carboxylic acids is 1. The van der Waals surface area contributed by atoms with Crippen molar-refractivity contribution in [3.8, 4) is 5.75 Å². The summed E-state index contributed by atoms with van der Waals surface area (Å²) in [4.78, 5) is 13.5. The van der Waals surface area contributed by atoms with Crippen LogP contribution in [-0.4, -0.2) is 16.2 Å². The van der Waals surface area contributed by atoms with E-state index in [1.165, 1.54) is 77.6 Å². The molecule has 3 aromatic carbocycles. The highest BCUT2D eigenvalue weighted by Gasteiger charge is 2.56. The monoisotopic (exact) mass is 680 g/mol. The minimum absolute atomic E-state index is 0.317. The molecule has 5 aliphatic rings. The maximum Gasteiger partial charge on any atom is 0.307 e. The van der Waals surface area contributed by atoms with Crippen LogP contribution in [0.25, 0.3) is 12.2 Å². The van der Waals surface area contributed by atoms with Crippen molar-refractivity contribution in [1.29, 1.82) is 0 Å². The molecule has 3 nitrogen and oxygen atoms in total. The number of fused-ring (bicyclic) bond motifs is 3. The van der Waals surface area contributed by atoms with Crippen molar-refractivity contribution in [2.45, 2.75) is 108 Å². The summed E-state index contributed by atoms with van der Waals surface area (Å²) in [6.45, 7) is 0. The van der Waals surface area contributed by atoms with Gasteiger partial charge in [0.25, 0.3) is 0 Å². The van der Waals surface area contributed by atoms with Crippen molar-refractivity contribution in [3.05, 3.63) is 124 Å². The van der Waals surface area contributed by atoms with Gasteiger partial charge in [-0.25, -0.2) is 0 Å². The maximum atomic E-state index is 13.5. The van der Waals surface area contributed by atoms with Crippen LogP contribution in [0.2, 0.25) is 0 Å². The van der Waals surface area contributed by atoms with Crippen molar-refractivity contribution in [1.82, 2.24) is 0 Å². The lowest BCUT2D eigenvalue weighted by Gasteiger charge is -2.55. The van der Waals surface area contributed by atoms with E-state index >= 15 is 0 Å². The number of rotatable bonds is 9. The Morgan fingerprint density at radius 3 is 2.33 bits per heavy atom. The van der Waals surface area contributed by atoms with Crippen LogP contribution in [0.1, 0.15) is 112 Å². The van der Waals surface area contributed by atoms with E-state index in [2.05, 4.69) is 91.1 Å². The number of aromatic hydroxyl groups is 1. The topological polar surface area (TPSA) is 57.5 Å². The lowest BCUT2D eigenvalue weighted by Crippen LogP contribution is -2.54. The van der Waals surface area contributed by atoms with Crippen molar-refractivity contribution < 1.29 is 15.0 Å². The van der Waals surface area contributed by atoms with E-state index < -0.39 is 17.3 Å². The van der Waals surface area contributed by atoms with Crippen LogP contribution in [0.15, 0.2) is 91.0 Å². The fourth-order valence-electron chi connectivity index (χ4n) is 11.3. The van der Waals surface area contributed by atoms with E-state index in [9.17, 15) is 15.0 Å². The minimum Gasteiger partial charge on any atom is -0.508 e. The highest BCUT2D eigenvalue weighted by molar-refractivity contribution is 5.74. The number of carboxylic acid groups (broad SMARTS) is 1. The van der Waals surface area contributed by atoms with Gasteiger partial charge in [-0.3, -0.25) is 4.79 Å². The van der Waals surface area contributed by atoms with Crippen molar-refractivity contribution in [2.75, 3.05) is 0 Å². The predicted octanol–water partition coefficient (Wildman–Crippen LogP) is 9.79. The van der Waals surface area contributed by atoms with Gasteiger partial charge >= 0.3 is 5.97 Å². The summed E-state index contributed by atoms with van der Waals surface area (Å²) in [6, 6.07) is 23.9. The standard InChI is InChI=1S/C48H56O3/c49-43-25-22-36(23-26-43)44-27-34-19-20-37-21-24-42-31-40-29-38-16-7-8-17-39(38)30-41(40)32-48(42,46(37)28-34)45(47(50)51)18-10-9-15-35(44)14-4-2-1-3-11-33-12-5-6-13-33/h5,7-10,12,16-17,19-20,22-23,25-26,28-30,33,35,40-42,44-45,49H,1-4,6,11,13-15,18,21,24,27,31-32H2,(H,50,51). The Kier molecular flexibility index (Phi) is 10.1. The molecule has 0 aromatic heterocycles. The number of benzene rings is 3. The Morgan fingerprint density at radius 1 is 0.804 bits per heavy atom. The molecular formula is C48H56O3. The average Bonchev–Trinajstić information content (AvgIpc) is 3.66. The SMILES string of the molecule is O=C(O)C1CC=CCC(CCCCCCC2C=CCC2)C(c2ccc(O)cc2)Cc2ccc3c(c2)C12CC1C=c4ccccc4=CC1CC2CC3. The Labute approximate surface area is 304 Å². The quantitative estimate of drug-likeness (QED) is 0.175. The third-order valence-corrected chi connectivity index (χ3v) is 13.9. The number of unbranched alkanes of at least 4 members (excludes halogenated alkanes) is 3. The van der Waals surface area contributed by atoms with Crippen LogP contribution >= 0.6 is 0 Å². The number of hydrogen-bond donors (Lipinski definition) is 2. The van der Waals surface area contributed by atoms with Gasteiger partial charge in [-0.05, 0) is 151 Å². The molecule has 1 spiro atoms. The first-order chi connectivity index (χ1) is 25.0. The van der Waals surface area contributed by atoms with E-state index in [0.29, 0.717) is 41.8 Å². The Hall–Kier alpha value is -3.85. The lowest BCUT2D eigenvalue weighted by atomic mass is 9.47. The molecule has 8 atom stereocenters. The van der Waals surface area contributed by atoms with Crippen LogP contribution < -0.4 is 10.4 Å². The second-order valence-electron chi connectivity index (χ2n) is 16.8. The van der Waals surface area contributed by atoms with Crippen LogP contribution in [0, 0.1) is 35.5 Å². The van der Waals surface area contributed by atoms with E-state index in [1.807, 2.05) is 12.1 Å². The summed E-state index contributed by atoms with van der Waals surface area (Å²) in [5, 5.41) is 24.0. The van der Waals surface area contributed by atoms with Crippen LogP contribution in [0.5, 0.6) is 5.75 Å². The first-order valence-electron chi connectivity index (χ1n) is 20.2. The average molecular weight is 681 g/mol. The first-order valence-corrected chi connectivity index (χ1v) is 20.2. The second kappa shape index (κ2) is 15.0. The van der Waals surface area contributed by atoms with Crippen LogP contribution in [0.4, 0.5) is 0 Å². The molecule has 0 radical (unpaired) electrons. The van der Waals surface area contributed by atoms with E-state index in [-0.39, 0.29) is 0 Å². The number of phenols is 1. The highest BCUT2D eigenvalue weighted by Crippen LogP contribution is 2.59. The summed E-state index contributed by atoms with van der Waals surface area (Å²) in [5.41, 5.74) is 4.95. The van der Waals surface area contributed by atoms with Crippen molar-refractivity contribution in [3.63, 3.8) is 0 Å². The van der Waals surface area contributed by atoms with Gasteiger partial charge in [0.1, 0.15) is 5.75 Å². The molecule has 266 valence electrons. The zero-order valence-electron chi connectivity index (χ0n) is 30.3. The first kappa shape index (κ1) is 34.2. The summed E-state index contributed by atoms with van der Waals surface area (Å²) in [7, 11) is 0. The largest absolute Gasteiger partial charge is 0.508 e. The van der Waals surface area contributed by atoms with E-state index in [4.69, 9.17) is 0 Å². The second-order valence-corrected chi connectivity index (χ2v) is 16.8. The molecule has 3 aromatic rings. The number of allylic oxidation sites excluding steroid dienone is 4. The molecule has 8 rings (SSSR count).